The highest BCUT2D eigenvalue weighted by Crippen LogP contribution is 2.33. The summed E-state index contributed by atoms with van der Waals surface area (Å²) < 4.78 is 10.5. The molecule has 6 heteroatoms. The third-order valence-corrected chi connectivity index (χ3v) is 5.98. The highest BCUT2D eigenvalue weighted by molar-refractivity contribution is 7.71. The lowest BCUT2D eigenvalue weighted by Gasteiger charge is -2.24. The molecule has 2 aromatic carbocycles. The zero-order chi connectivity index (χ0) is 20.2. The summed E-state index contributed by atoms with van der Waals surface area (Å²) in [6.07, 6.45) is 2.35. The van der Waals surface area contributed by atoms with E-state index in [-0.39, 0.29) is 0 Å². The summed E-state index contributed by atoms with van der Waals surface area (Å²) in [6.45, 7) is 7.27. The van der Waals surface area contributed by atoms with Crippen LogP contribution in [0.25, 0.3) is 0 Å². The third kappa shape index (κ3) is 4.43. The number of aromatic nitrogens is 3. The van der Waals surface area contributed by atoms with Crippen LogP contribution in [-0.4, -0.2) is 32.4 Å². The first-order chi connectivity index (χ1) is 14.2. The summed E-state index contributed by atoms with van der Waals surface area (Å²) >= 11 is 5.77. The minimum absolute atomic E-state index is 0.396. The number of ether oxygens (including phenoxy) is 1. The van der Waals surface area contributed by atoms with Gasteiger partial charge >= 0.3 is 0 Å². The molecule has 152 valence electrons. The summed E-state index contributed by atoms with van der Waals surface area (Å²) in [7, 11) is 0. The number of hydrogen-bond acceptors (Lipinski definition) is 4. The Bertz CT molecular complexity index is 994. The van der Waals surface area contributed by atoms with Gasteiger partial charge in [-0.2, -0.15) is 5.10 Å². The van der Waals surface area contributed by atoms with Crippen LogP contribution >= 0.6 is 12.2 Å². The molecule has 3 aromatic rings. The van der Waals surface area contributed by atoms with Crippen LogP contribution in [0, 0.1) is 11.7 Å². The molecule has 1 atom stereocenters. The van der Waals surface area contributed by atoms with Crippen LogP contribution in [0.1, 0.15) is 42.8 Å². The fourth-order valence-corrected chi connectivity index (χ4v) is 4.38. The van der Waals surface area contributed by atoms with Crippen molar-refractivity contribution in [3.63, 3.8) is 0 Å². The quantitative estimate of drug-likeness (QED) is 0.518. The molecule has 0 aliphatic carbocycles. The number of rotatable bonds is 7. The Morgan fingerprint density at radius 2 is 1.86 bits per heavy atom. The number of benzene rings is 2. The Hall–Kier alpha value is -2.44. The maximum absolute atomic E-state index is 5.77. The summed E-state index contributed by atoms with van der Waals surface area (Å²) in [5, 5.41) is 4.75. The Labute approximate surface area is 177 Å². The fraction of sp³-hybridized carbons (Fsp3) is 0.391. The normalized spacial score (nSPS) is 17.0. The Balaban J connectivity index is 1.51. The van der Waals surface area contributed by atoms with Crippen molar-refractivity contribution >= 4 is 12.2 Å². The first-order valence-corrected chi connectivity index (χ1v) is 10.7. The molecule has 2 heterocycles. The summed E-state index contributed by atoms with van der Waals surface area (Å²) in [6, 6.07) is 19.3. The van der Waals surface area contributed by atoms with Crippen LogP contribution in [0.2, 0.25) is 0 Å². The third-order valence-electron chi connectivity index (χ3n) is 5.55. The molecule has 1 fully saturated rings. The molecule has 1 aliphatic heterocycles. The van der Waals surface area contributed by atoms with Crippen LogP contribution in [0.4, 0.5) is 0 Å². The van der Waals surface area contributed by atoms with Crippen LogP contribution in [0.15, 0.2) is 54.6 Å². The molecular formula is C23H28N4OS. The van der Waals surface area contributed by atoms with Gasteiger partial charge in [-0.15, -0.1) is 0 Å². The summed E-state index contributed by atoms with van der Waals surface area (Å²) in [4.78, 5) is 2.48. The summed E-state index contributed by atoms with van der Waals surface area (Å²) in [5.41, 5.74) is 2.57. The second-order valence-electron chi connectivity index (χ2n) is 7.51. The lowest BCUT2D eigenvalue weighted by Crippen LogP contribution is -2.27. The highest BCUT2D eigenvalue weighted by atomic mass is 32.1. The standard InChI is InChI=1S/C23H28N4OS/c1-3-28-21-13-11-20(12-14-21)22-10-7-15-25(22)17-27-23(29)26(18(2)24-27)16-19-8-5-4-6-9-19/h4-6,8-9,11-14,22H,3,7,10,15-17H2,1-2H3/t22-/m0/s1. The minimum atomic E-state index is 0.396. The van der Waals surface area contributed by atoms with Crippen molar-refractivity contribution in [1.29, 1.82) is 0 Å². The van der Waals surface area contributed by atoms with E-state index in [1.54, 1.807) is 0 Å². The van der Waals surface area contributed by atoms with E-state index in [2.05, 4.69) is 58.0 Å². The van der Waals surface area contributed by atoms with Gasteiger partial charge in [-0.05, 0) is 62.2 Å². The lowest BCUT2D eigenvalue weighted by atomic mass is 10.0. The van der Waals surface area contributed by atoms with Crippen molar-refractivity contribution in [2.24, 2.45) is 0 Å². The van der Waals surface area contributed by atoms with Crippen molar-refractivity contribution in [2.45, 2.75) is 45.9 Å². The van der Waals surface area contributed by atoms with E-state index in [1.165, 1.54) is 17.5 Å². The zero-order valence-corrected chi connectivity index (χ0v) is 17.9. The number of likely N-dealkylation sites (tertiary alicyclic amines) is 1. The van der Waals surface area contributed by atoms with E-state index in [1.807, 2.05) is 24.6 Å². The van der Waals surface area contributed by atoms with Crippen LogP contribution in [-0.2, 0) is 13.2 Å². The monoisotopic (exact) mass is 408 g/mol. The Morgan fingerprint density at radius 3 is 2.59 bits per heavy atom. The van der Waals surface area contributed by atoms with Gasteiger partial charge in [0.05, 0.1) is 19.8 Å². The van der Waals surface area contributed by atoms with Crippen LogP contribution < -0.4 is 4.74 Å². The largest absolute Gasteiger partial charge is 0.494 e. The average molecular weight is 409 g/mol. The van der Waals surface area contributed by atoms with Gasteiger partial charge in [0.1, 0.15) is 11.6 Å². The fourth-order valence-electron chi connectivity index (χ4n) is 4.09. The molecule has 0 saturated carbocycles. The molecule has 0 amide bonds. The van der Waals surface area contributed by atoms with Crippen molar-refractivity contribution in [2.75, 3.05) is 13.2 Å². The molecule has 0 bridgehead atoms. The first-order valence-electron chi connectivity index (χ1n) is 10.3. The molecule has 0 N–H and O–H groups in total. The highest BCUT2D eigenvalue weighted by Gasteiger charge is 2.27. The van der Waals surface area contributed by atoms with Gasteiger partial charge < -0.3 is 4.74 Å². The van der Waals surface area contributed by atoms with Crippen molar-refractivity contribution in [1.82, 2.24) is 19.2 Å². The Morgan fingerprint density at radius 1 is 1.10 bits per heavy atom. The second-order valence-corrected chi connectivity index (χ2v) is 7.88. The van der Waals surface area contributed by atoms with Crippen molar-refractivity contribution in [3.8, 4) is 5.75 Å². The van der Waals surface area contributed by atoms with Gasteiger partial charge in [0.2, 0.25) is 0 Å². The lowest BCUT2D eigenvalue weighted by molar-refractivity contribution is 0.189. The van der Waals surface area contributed by atoms with E-state index < -0.39 is 0 Å². The van der Waals surface area contributed by atoms with Gasteiger partial charge in [-0.1, -0.05) is 42.5 Å². The molecule has 1 aliphatic rings. The van der Waals surface area contributed by atoms with E-state index in [4.69, 9.17) is 22.1 Å². The molecule has 0 unspecified atom stereocenters. The van der Waals surface area contributed by atoms with E-state index in [9.17, 15) is 0 Å². The molecular weight excluding hydrogens is 380 g/mol. The second kappa shape index (κ2) is 8.93. The van der Waals surface area contributed by atoms with Crippen LogP contribution in [0.5, 0.6) is 5.75 Å². The maximum Gasteiger partial charge on any atom is 0.199 e. The molecule has 5 nitrogen and oxygen atoms in total. The first kappa shape index (κ1) is 19.9. The SMILES string of the molecule is CCOc1ccc([C@@H]2CCCN2Cn2nc(C)n(Cc3ccccc3)c2=S)cc1. The van der Waals surface area contributed by atoms with E-state index >= 15 is 0 Å². The molecule has 1 aromatic heterocycles. The molecule has 29 heavy (non-hydrogen) atoms. The molecule has 0 spiro atoms. The predicted octanol–water partition coefficient (Wildman–Crippen LogP) is 4.96. The molecule has 1 saturated heterocycles. The van der Waals surface area contributed by atoms with Gasteiger partial charge in [0.25, 0.3) is 0 Å². The van der Waals surface area contributed by atoms with Gasteiger partial charge in [0.15, 0.2) is 4.77 Å². The van der Waals surface area contributed by atoms with E-state index in [0.717, 1.165) is 42.5 Å². The van der Waals surface area contributed by atoms with Gasteiger partial charge in [-0.25, -0.2) is 4.68 Å². The van der Waals surface area contributed by atoms with Crippen molar-refractivity contribution < 1.29 is 4.74 Å². The maximum atomic E-state index is 5.77. The molecule has 0 radical (unpaired) electrons. The number of hydrogen-bond donors (Lipinski definition) is 0. The zero-order valence-electron chi connectivity index (χ0n) is 17.1. The average Bonchev–Trinajstić information content (AvgIpc) is 3.30. The predicted molar refractivity (Wildman–Crippen MR) is 118 cm³/mol. The van der Waals surface area contributed by atoms with Gasteiger partial charge in [0, 0.05) is 12.6 Å². The Kier molecular flexibility index (Phi) is 6.11. The number of nitrogens with zero attached hydrogens (tertiary/aromatic N) is 4. The smallest absolute Gasteiger partial charge is 0.199 e. The topological polar surface area (TPSA) is 35.2 Å². The van der Waals surface area contributed by atoms with Gasteiger partial charge in [-0.3, -0.25) is 9.47 Å². The van der Waals surface area contributed by atoms with Crippen LogP contribution in [0.3, 0.4) is 0 Å². The van der Waals surface area contributed by atoms with Crippen molar-refractivity contribution in [3.05, 3.63) is 76.3 Å². The minimum Gasteiger partial charge on any atom is -0.494 e. The molecule has 4 rings (SSSR count). The number of aryl methyl sites for hydroxylation is 1. The summed E-state index contributed by atoms with van der Waals surface area (Å²) in [5.74, 6) is 1.88. The van der Waals surface area contributed by atoms with E-state index in [0.29, 0.717) is 12.6 Å².